The Morgan fingerprint density at radius 1 is 1.19 bits per heavy atom. The summed E-state index contributed by atoms with van der Waals surface area (Å²) in [5.74, 6) is -0.453. The van der Waals surface area contributed by atoms with E-state index in [0.29, 0.717) is 0 Å². The predicted octanol–water partition coefficient (Wildman–Crippen LogP) is 2.44. The fourth-order valence-corrected chi connectivity index (χ4v) is 3.96. The first-order valence-electron chi connectivity index (χ1n) is 7.55. The van der Waals surface area contributed by atoms with Gasteiger partial charge in [0.05, 0.1) is 5.75 Å². The van der Waals surface area contributed by atoms with E-state index in [-0.39, 0.29) is 17.7 Å². The molecule has 1 aromatic rings. The van der Waals surface area contributed by atoms with E-state index in [1.165, 1.54) is 13.3 Å². The molecule has 0 saturated heterocycles. The minimum absolute atomic E-state index is 0.0902. The Morgan fingerprint density at radius 3 is 2.43 bits per heavy atom. The van der Waals surface area contributed by atoms with E-state index >= 15 is 0 Å². The number of carbonyl (C=O) groups is 1. The fraction of sp³-hybridized carbons (Fsp3) is 0.562. The molecule has 1 N–H and O–H groups in total. The topological polar surface area (TPSA) is 63.2 Å². The highest BCUT2D eigenvalue weighted by atomic mass is 32.2. The molecule has 0 unspecified atom stereocenters. The molecule has 1 fully saturated rings. The van der Waals surface area contributed by atoms with Crippen molar-refractivity contribution in [2.75, 3.05) is 0 Å². The average Bonchev–Trinajstić information content (AvgIpc) is 2.48. The summed E-state index contributed by atoms with van der Waals surface area (Å²) in [6.45, 7) is 1.48. The Morgan fingerprint density at radius 2 is 1.81 bits per heavy atom. The van der Waals surface area contributed by atoms with Crippen molar-refractivity contribution in [2.45, 2.75) is 56.1 Å². The van der Waals surface area contributed by atoms with Crippen molar-refractivity contribution in [3.8, 4) is 0 Å². The van der Waals surface area contributed by atoms with Crippen LogP contribution in [0.15, 0.2) is 30.3 Å². The van der Waals surface area contributed by atoms with E-state index in [4.69, 9.17) is 0 Å². The number of amides is 1. The number of sulfone groups is 1. The summed E-state index contributed by atoms with van der Waals surface area (Å²) in [7, 11) is -3.48. The normalized spacial score (nSPS) is 18.1. The van der Waals surface area contributed by atoms with Gasteiger partial charge in [0, 0.05) is 6.04 Å². The van der Waals surface area contributed by atoms with Crippen LogP contribution < -0.4 is 5.32 Å². The third-order valence-corrected chi connectivity index (χ3v) is 6.10. The molecule has 0 heterocycles. The second-order valence-corrected chi connectivity index (χ2v) is 8.10. The van der Waals surface area contributed by atoms with Gasteiger partial charge >= 0.3 is 0 Å². The number of nitrogens with one attached hydrogen (secondary N) is 1. The summed E-state index contributed by atoms with van der Waals surface area (Å²) in [4.78, 5) is 12.2. The Balaban J connectivity index is 1.96. The standard InChI is InChI=1S/C16H23NO3S/c1-13(16(18)17-15-10-6-3-7-11-15)21(19,20)12-14-8-4-2-5-9-14/h2,4-5,8-9,13,15H,3,6-7,10-12H2,1H3,(H,17,18)/t13-/m0/s1. The van der Waals surface area contributed by atoms with Crippen LogP contribution in [0.1, 0.15) is 44.6 Å². The first-order chi connectivity index (χ1) is 9.99. The van der Waals surface area contributed by atoms with E-state index in [1.807, 2.05) is 6.07 Å². The van der Waals surface area contributed by atoms with Crippen molar-refractivity contribution in [3.05, 3.63) is 35.9 Å². The van der Waals surface area contributed by atoms with Crippen LogP contribution >= 0.6 is 0 Å². The van der Waals surface area contributed by atoms with Crippen LogP contribution in [0.3, 0.4) is 0 Å². The number of rotatable bonds is 5. The zero-order chi connectivity index (χ0) is 15.3. The lowest BCUT2D eigenvalue weighted by atomic mass is 9.95. The quantitative estimate of drug-likeness (QED) is 0.908. The van der Waals surface area contributed by atoms with Crippen LogP contribution in [0.25, 0.3) is 0 Å². The largest absolute Gasteiger partial charge is 0.352 e. The minimum atomic E-state index is -3.48. The van der Waals surface area contributed by atoms with Gasteiger partial charge in [0.25, 0.3) is 0 Å². The van der Waals surface area contributed by atoms with Crippen LogP contribution in [-0.2, 0) is 20.4 Å². The predicted molar refractivity (Wildman–Crippen MR) is 83.5 cm³/mol. The van der Waals surface area contributed by atoms with Gasteiger partial charge in [0.2, 0.25) is 5.91 Å². The second-order valence-electron chi connectivity index (χ2n) is 5.78. The molecule has 21 heavy (non-hydrogen) atoms. The van der Waals surface area contributed by atoms with Gasteiger partial charge in [-0.1, -0.05) is 49.6 Å². The lowest BCUT2D eigenvalue weighted by molar-refractivity contribution is -0.121. The fourth-order valence-electron chi connectivity index (χ4n) is 2.66. The third kappa shape index (κ3) is 4.56. The number of hydrogen-bond acceptors (Lipinski definition) is 3. The van der Waals surface area contributed by atoms with Crippen LogP contribution in [-0.4, -0.2) is 25.6 Å². The van der Waals surface area contributed by atoms with Gasteiger partial charge in [-0.05, 0) is 25.3 Å². The maximum atomic E-state index is 12.3. The minimum Gasteiger partial charge on any atom is -0.352 e. The number of hydrogen-bond donors (Lipinski definition) is 1. The highest BCUT2D eigenvalue weighted by Gasteiger charge is 2.29. The lowest BCUT2D eigenvalue weighted by Crippen LogP contribution is -2.44. The molecule has 0 radical (unpaired) electrons. The Kier molecular flexibility index (Phi) is 5.39. The van der Waals surface area contributed by atoms with Crippen LogP contribution in [0.5, 0.6) is 0 Å². The average molecular weight is 309 g/mol. The van der Waals surface area contributed by atoms with Gasteiger partial charge in [-0.15, -0.1) is 0 Å². The summed E-state index contributed by atoms with van der Waals surface area (Å²) in [6.07, 6.45) is 5.33. The maximum Gasteiger partial charge on any atom is 0.238 e. The van der Waals surface area contributed by atoms with Crippen molar-refractivity contribution in [1.82, 2.24) is 5.32 Å². The summed E-state index contributed by atoms with van der Waals surface area (Å²) < 4.78 is 24.6. The van der Waals surface area contributed by atoms with Crippen LogP contribution in [0.4, 0.5) is 0 Å². The molecule has 2 rings (SSSR count). The van der Waals surface area contributed by atoms with Crippen molar-refractivity contribution >= 4 is 15.7 Å². The second kappa shape index (κ2) is 7.07. The molecular weight excluding hydrogens is 286 g/mol. The van der Waals surface area contributed by atoms with E-state index in [9.17, 15) is 13.2 Å². The Labute approximate surface area is 126 Å². The molecule has 4 nitrogen and oxygen atoms in total. The first kappa shape index (κ1) is 16.0. The molecule has 116 valence electrons. The summed E-state index contributed by atoms with van der Waals surface area (Å²) in [5, 5.41) is 1.89. The van der Waals surface area contributed by atoms with Crippen molar-refractivity contribution < 1.29 is 13.2 Å². The molecule has 0 aromatic heterocycles. The highest BCUT2D eigenvalue weighted by Crippen LogP contribution is 2.18. The van der Waals surface area contributed by atoms with E-state index in [2.05, 4.69) is 5.32 Å². The number of carbonyl (C=O) groups excluding carboxylic acids is 1. The molecule has 1 amide bonds. The molecule has 0 aliphatic heterocycles. The Hall–Kier alpha value is -1.36. The molecule has 0 spiro atoms. The molecule has 5 heteroatoms. The molecule has 1 aromatic carbocycles. The summed E-state index contributed by atoms with van der Waals surface area (Å²) in [5.41, 5.74) is 0.717. The highest BCUT2D eigenvalue weighted by molar-refractivity contribution is 7.92. The van der Waals surface area contributed by atoms with Crippen LogP contribution in [0.2, 0.25) is 0 Å². The van der Waals surface area contributed by atoms with E-state index in [0.717, 1.165) is 31.2 Å². The molecule has 1 saturated carbocycles. The molecule has 1 atom stereocenters. The first-order valence-corrected chi connectivity index (χ1v) is 9.26. The zero-order valence-corrected chi connectivity index (χ0v) is 13.2. The molecule has 0 bridgehead atoms. The summed E-state index contributed by atoms with van der Waals surface area (Å²) >= 11 is 0. The molecule has 1 aliphatic rings. The SMILES string of the molecule is C[C@@H](C(=O)NC1CCCCC1)S(=O)(=O)Cc1ccccc1. The lowest BCUT2D eigenvalue weighted by Gasteiger charge is -2.24. The van der Waals surface area contributed by atoms with Crippen molar-refractivity contribution in [2.24, 2.45) is 0 Å². The van der Waals surface area contributed by atoms with Gasteiger partial charge in [0.1, 0.15) is 5.25 Å². The molecule has 1 aliphatic carbocycles. The van der Waals surface area contributed by atoms with Gasteiger partial charge < -0.3 is 5.32 Å². The van der Waals surface area contributed by atoms with Gasteiger partial charge in [-0.2, -0.15) is 0 Å². The monoisotopic (exact) mass is 309 g/mol. The van der Waals surface area contributed by atoms with Crippen LogP contribution in [0, 0.1) is 0 Å². The van der Waals surface area contributed by atoms with Gasteiger partial charge in [0.15, 0.2) is 9.84 Å². The van der Waals surface area contributed by atoms with E-state index < -0.39 is 15.1 Å². The van der Waals surface area contributed by atoms with Gasteiger partial charge in [-0.3, -0.25) is 4.79 Å². The smallest absolute Gasteiger partial charge is 0.238 e. The summed E-state index contributed by atoms with van der Waals surface area (Å²) in [6, 6.07) is 9.12. The number of benzene rings is 1. The van der Waals surface area contributed by atoms with Crippen molar-refractivity contribution in [3.63, 3.8) is 0 Å². The van der Waals surface area contributed by atoms with Gasteiger partial charge in [-0.25, -0.2) is 8.42 Å². The Bertz CT molecular complexity index is 562. The zero-order valence-electron chi connectivity index (χ0n) is 12.4. The van der Waals surface area contributed by atoms with Crippen molar-refractivity contribution in [1.29, 1.82) is 0 Å². The molecular formula is C16H23NO3S. The van der Waals surface area contributed by atoms with E-state index in [1.54, 1.807) is 24.3 Å². The third-order valence-electron chi connectivity index (χ3n) is 4.07. The maximum absolute atomic E-state index is 12.3.